The van der Waals surface area contributed by atoms with Gasteiger partial charge >= 0.3 is 0 Å². The summed E-state index contributed by atoms with van der Waals surface area (Å²) in [6.45, 7) is 16.5. The molecule has 0 bridgehead atoms. The zero-order chi connectivity index (χ0) is 26.4. The number of anilines is 2. The Balaban J connectivity index is 1.73. The van der Waals surface area contributed by atoms with Gasteiger partial charge in [-0.05, 0) is 79.6 Å². The number of hydrogen-bond acceptors (Lipinski definition) is 2. The molecule has 0 saturated heterocycles. The summed E-state index contributed by atoms with van der Waals surface area (Å²) >= 11 is 0. The monoisotopic (exact) mass is 500 g/mol. The van der Waals surface area contributed by atoms with E-state index in [0.29, 0.717) is 11.1 Å². The second-order valence-corrected chi connectivity index (χ2v) is 9.98. The molecule has 1 aliphatic heterocycles. The summed E-state index contributed by atoms with van der Waals surface area (Å²) in [5.41, 5.74) is 9.68. The standard InChI is InChI=1S/C31H34F2N4/c1-7-20(5)28-18-36(8-2)30-24(19(3)4)13-23(14-26(28)30)37-11-9-10-21-12-25(22-16-34-35(6)17-22)27(31(32)33)15-29(21)37/h12-18,31H,3,5,7-11H2,1-2,4,6H3. The largest absolute Gasteiger partial charge is 0.347 e. The second-order valence-electron chi connectivity index (χ2n) is 9.98. The number of nitrogens with zero attached hydrogens (tertiary/aromatic N) is 4. The lowest BCUT2D eigenvalue weighted by atomic mass is 9.92. The van der Waals surface area contributed by atoms with Crippen LogP contribution in [0.1, 0.15) is 62.3 Å². The maximum atomic E-state index is 14.4. The van der Waals surface area contributed by atoms with Crippen LogP contribution in [0.2, 0.25) is 0 Å². The number of aromatic nitrogens is 3. The highest BCUT2D eigenvalue weighted by molar-refractivity contribution is 6.01. The minimum atomic E-state index is -2.59. The van der Waals surface area contributed by atoms with Gasteiger partial charge in [-0.2, -0.15) is 5.10 Å². The lowest BCUT2D eigenvalue weighted by Gasteiger charge is -2.33. The van der Waals surface area contributed by atoms with Crippen LogP contribution in [0.25, 0.3) is 33.2 Å². The SMILES string of the molecule is C=C(CC)c1cn(CC)c2c(C(=C)C)cc(N3CCCc4cc(-c5cnn(C)c5)c(C(F)F)cc43)cc12. The number of halogens is 2. The van der Waals surface area contributed by atoms with Gasteiger partial charge in [-0.15, -0.1) is 0 Å². The number of aryl methyl sites for hydroxylation is 3. The van der Waals surface area contributed by atoms with Crippen LogP contribution in [0.3, 0.4) is 0 Å². The van der Waals surface area contributed by atoms with Crippen molar-refractivity contribution in [2.24, 2.45) is 7.05 Å². The summed E-state index contributed by atoms with van der Waals surface area (Å²) in [6.07, 6.45) is 5.70. The molecule has 0 atom stereocenters. The van der Waals surface area contributed by atoms with Crippen LogP contribution in [0.15, 0.2) is 56.0 Å². The third-order valence-electron chi connectivity index (χ3n) is 7.50. The van der Waals surface area contributed by atoms with E-state index < -0.39 is 6.43 Å². The molecule has 2 aromatic carbocycles. The quantitative estimate of drug-likeness (QED) is 0.254. The number of benzene rings is 2. The third kappa shape index (κ3) is 4.28. The molecule has 6 heteroatoms. The van der Waals surface area contributed by atoms with Crippen LogP contribution in [0.4, 0.5) is 20.2 Å². The first kappa shape index (κ1) is 25.0. The summed E-state index contributed by atoms with van der Waals surface area (Å²) in [4.78, 5) is 2.20. The third-order valence-corrected chi connectivity index (χ3v) is 7.50. The van der Waals surface area contributed by atoms with Gasteiger partial charge in [-0.3, -0.25) is 4.68 Å². The normalized spacial score (nSPS) is 13.4. The predicted molar refractivity (Wildman–Crippen MR) is 151 cm³/mol. The van der Waals surface area contributed by atoms with Crippen molar-refractivity contribution in [1.82, 2.24) is 14.3 Å². The zero-order valence-electron chi connectivity index (χ0n) is 22.1. The molecule has 0 unspecified atom stereocenters. The van der Waals surface area contributed by atoms with E-state index in [0.717, 1.165) is 82.5 Å². The molecule has 2 aromatic heterocycles. The highest BCUT2D eigenvalue weighted by Crippen LogP contribution is 2.43. The molecule has 1 aliphatic rings. The van der Waals surface area contributed by atoms with E-state index >= 15 is 0 Å². The van der Waals surface area contributed by atoms with Gasteiger partial charge in [0.15, 0.2) is 0 Å². The molecule has 192 valence electrons. The molecule has 0 radical (unpaired) electrons. The molecule has 0 spiro atoms. The van der Waals surface area contributed by atoms with Gasteiger partial charge in [0.25, 0.3) is 6.43 Å². The first-order valence-electron chi connectivity index (χ1n) is 13.0. The lowest BCUT2D eigenvalue weighted by molar-refractivity contribution is 0.152. The van der Waals surface area contributed by atoms with Gasteiger partial charge < -0.3 is 9.47 Å². The molecule has 0 saturated carbocycles. The van der Waals surface area contributed by atoms with Crippen LogP contribution in [0, 0.1) is 0 Å². The molecule has 0 N–H and O–H groups in total. The topological polar surface area (TPSA) is 26.0 Å². The highest BCUT2D eigenvalue weighted by atomic mass is 19.3. The van der Waals surface area contributed by atoms with Crippen LogP contribution in [-0.2, 0) is 20.0 Å². The molecule has 5 rings (SSSR count). The van der Waals surface area contributed by atoms with E-state index in [1.807, 2.05) is 13.0 Å². The van der Waals surface area contributed by atoms with Gasteiger partial charge in [0.2, 0.25) is 0 Å². The van der Waals surface area contributed by atoms with E-state index in [9.17, 15) is 8.78 Å². The fourth-order valence-corrected chi connectivity index (χ4v) is 5.53. The average Bonchev–Trinajstić information content (AvgIpc) is 3.49. The van der Waals surface area contributed by atoms with Crippen LogP contribution in [-0.4, -0.2) is 20.9 Å². The Morgan fingerprint density at radius 2 is 1.86 bits per heavy atom. The maximum absolute atomic E-state index is 14.4. The van der Waals surface area contributed by atoms with Gasteiger partial charge in [0, 0.05) is 71.5 Å². The average molecular weight is 501 g/mol. The predicted octanol–water partition coefficient (Wildman–Crippen LogP) is 8.54. The van der Waals surface area contributed by atoms with Crippen molar-refractivity contribution in [1.29, 1.82) is 0 Å². The van der Waals surface area contributed by atoms with Gasteiger partial charge in [-0.25, -0.2) is 8.78 Å². The van der Waals surface area contributed by atoms with Crippen LogP contribution >= 0.6 is 0 Å². The summed E-state index contributed by atoms with van der Waals surface area (Å²) in [7, 11) is 1.80. The molecule has 0 fully saturated rings. The Morgan fingerprint density at radius 1 is 1.08 bits per heavy atom. The van der Waals surface area contributed by atoms with Crippen molar-refractivity contribution in [3.63, 3.8) is 0 Å². The summed E-state index contributed by atoms with van der Waals surface area (Å²) < 4.78 is 32.6. The van der Waals surface area contributed by atoms with Crippen LogP contribution < -0.4 is 4.90 Å². The number of allylic oxidation sites excluding steroid dienone is 2. The Morgan fingerprint density at radius 3 is 2.49 bits per heavy atom. The second kappa shape index (κ2) is 9.66. The van der Waals surface area contributed by atoms with Gasteiger partial charge in [0.1, 0.15) is 0 Å². The van der Waals surface area contributed by atoms with Gasteiger partial charge in [-0.1, -0.05) is 20.1 Å². The van der Waals surface area contributed by atoms with E-state index in [2.05, 4.69) is 59.9 Å². The Kier molecular flexibility index (Phi) is 6.52. The molecule has 37 heavy (non-hydrogen) atoms. The molecular formula is C31H34F2N4. The molecule has 4 aromatic rings. The van der Waals surface area contributed by atoms with Crippen molar-refractivity contribution >= 4 is 33.4 Å². The number of fused-ring (bicyclic) bond motifs is 2. The van der Waals surface area contributed by atoms with E-state index in [4.69, 9.17) is 0 Å². The Hall–Kier alpha value is -3.67. The number of alkyl halides is 2. The van der Waals surface area contributed by atoms with E-state index in [1.165, 1.54) is 0 Å². The van der Waals surface area contributed by atoms with Crippen molar-refractivity contribution in [3.05, 3.63) is 78.3 Å². The Bertz CT molecular complexity index is 1520. The van der Waals surface area contributed by atoms with Crippen molar-refractivity contribution in [2.45, 2.75) is 53.0 Å². The summed E-state index contributed by atoms with van der Waals surface area (Å²) in [6, 6.07) is 8.00. The maximum Gasteiger partial charge on any atom is 0.264 e. The first-order chi connectivity index (χ1) is 17.7. The van der Waals surface area contributed by atoms with E-state index in [1.54, 1.807) is 30.2 Å². The first-order valence-corrected chi connectivity index (χ1v) is 13.0. The van der Waals surface area contributed by atoms with Crippen LogP contribution in [0.5, 0.6) is 0 Å². The summed E-state index contributed by atoms with van der Waals surface area (Å²) in [5.74, 6) is 0. The fraction of sp³-hybridized carbons (Fsp3) is 0.323. The van der Waals surface area contributed by atoms with Crippen molar-refractivity contribution < 1.29 is 8.78 Å². The molecule has 0 aliphatic carbocycles. The Labute approximate surface area is 217 Å². The number of hydrogen-bond donors (Lipinski definition) is 0. The van der Waals surface area contributed by atoms with Crippen molar-refractivity contribution in [3.8, 4) is 11.1 Å². The number of rotatable bonds is 7. The molecule has 4 nitrogen and oxygen atoms in total. The fourth-order valence-electron chi connectivity index (χ4n) is 5.53. The van der Waals surface area contributed by atoms with Crippen molar-refractivity contribution in [2.75, 3.05) is 11.4 Å². The van der Waals surface area contributed by atoms with Gasteiger partial charge in [0.05, 0.1) is 11.7 Å². The highest BCUT2D eigenvalue weighted by Gasteiger charge is 2.26. The lowest BCUT2D eigenvalue weighted by Crippen LogP contribution is -2.25. The zero-order valence-corrected chi connectivity index (χ0v) is 22.1. The van der Waals surface area contributed by atoms with E-state index in [-0.39, 0.29) is 5.56 Å². The minimum Gasteiger partial charge on any atom is -0.347 e. The molecular weight excluding hydrogens is 466 g/mol. The summed E-state index contributed by atoms with van der Waals surface area (Å²) in [5, 5.41) is 5.34. The molecule has 0 amide bonds. The smallest absolute Gasteiger partial charge is 0.264 e. The molecule has 3 heterocycles. The minimum absolute atomic E-state index is 0.0389.